The minimum atomic E-state index is -1.04. The molecule has 2 saturated heterocycles. The van der Waals surface area contributed by atoms with Gasteiger partial charge in [0, 0.05) is 36.5 Å². The Hall–Kier alpha value is -1.63. The number of carboxylic acids is 1. The van der Waals surface area contributed by atoms with Gasteiger partial charge in [-0.1, -0.05) is 24.6 Å². The Labute approximate surface area is 152 Å². The maximum Gasteiger partial charge on any atom is 0.328 e. The fourth-order valence-electron chi connectivity index (χ4n) is 3.76. The Morgan fingerprint density at radius 2 is 2.08 bits per heavy atom. The van der Waals surface area contributed by atoms with Gasteiger partial charge in [0.15, 0.2) is 6.04 Å². The van der Waals surface area contributed by atoms with Gasteiger partial charge >= 0.3 is 5.97 Å². The number of carbonyl (C=O) groups excluding carboxylic acids is 1. The number of halogens is 1. The standard InChI is InChI=1S/C18H23ClN2O4/c1-2-8-20-9-6-18(7-10-20)21(15(12-25-18)17(23)24)16(22)13-4-3-5-14(19)11-13/h3-5,11,15H,2,6-10,12H2,1H3,(H,23,24)/t15-/m1/s1. The van der Waals surface area contributed by atoms with Gasteiger partial charge in [0.2, 0.25) is 0 Å². The lowest BCUT2D eigenvalue weighted by Crippen LogP contribution is -2.58. The molecule has 1 spiro atoms. The quantitative estimate of drug-likeness (QED) is 0.886. The Balaban J connectivity index is 1.88. The normalized spacial score (nSPS) is 23.1. The third-order valence-corrected chi connectivity index (χ3v) is 5.25. The number of likely N-dealkylation sites (tertiary alicyclic amines) is 1. The lowest BCUT2D eigenvalue weighted by atomic mass is 9.96. The van der Waals surface area contributed by atoms with Crippen molar-refractivity contribution in [3.63, 3.8) is 0 Å². The largest absolute Gasteiger partial charge is 0.480 e. The second-order valence-corrected chi connectivity index (χ2v) is 7.07. The minimum absolute atomic E-state index is 0.0232. The summed E-state index contributed by atoms with van der Waals surface area (Å²) in [4.78, 5) is 28.6. The van der Waals surface area contributed by atoms with E-state index in [-0.39, 0.29) is 12.5 Å². The first-order valence-corrected chi connectivity index (χ1v) is 9.03. The van der Waals surface area contributed by atoms with E-state index >= 15 is 0 Å². The third kappa shape index (κ3) is 3.52. The van der Waals surface area contributed by atoms with E-state index < -0.39 is 17.7 Å². The fraction of sp³-hybridized carbons (Fsp3) is 0.556. The number of carboxylic acid groups (broad SMARTS) is 1. The molecule has 1 N–H and O–H groups in total. The molecule has 0 aromatic heterocycles. The van der Waals surface area contributed by atoms with Crippen LogP contribution >= 0.6 is 11.6 Å². The van der Waals surface area contributed by atoms with Gasteiger partial charge < -0.3 is 14.7 Å². The molecule has 25 heavy (non-hydrogen) atoms. The highest BCUT2D eigenvalue weighted by Crippen LogP contribution is 2.38. The van der Waals surface area contributed by atoms with Gasteiger partial charge in [-0.25, -0.2) is 4.79 Å². The summed E-state index contributed by atoms with van der Waals surface area (Å²) in [6.07, 6.45) is 2.29. The van der Waals surface area contributed by atoms with Gasteiger partial charge in [-0.3, -0.25) is 9.69 Å². The van der Waals surface area contributed by atoms with Gasteiger partial charge in [0.25, 0.3) is 5.91 Å². The number of hydrogen-bond donors (Lipinski definition) is 1. The zero-order valence-electron chi connectivity index (χ0n) is 14.3. The third-order valence-electron chi connectivity index (χ3n) is 5.01. The number of benzene rings is 1. The van der Waals surface area contributed by atoms with E-state index in [1.165, 1.54) is 4.90 Å². The maximum absolute atomic E-state index is 13.1. The molecule has 0 unspecified atom stereocenters. The Morgan fingerprint density at radius 3 is 2.68 bits per heavy atom. The molecule has 2 fully saturated rings. The zero-order valence-corrected chi connectivity index (χ0v) is 15.0. The summed E-state index contributed by atoms with van der Waals surface area (Å²) in [5.74, 6) is -1.38. The molecule has 3 rings (SSSR count). The molecule has 0 bridgehead atoms. The maximum atomic E-state index is 13.1. The first-order chi connectivity index (χ1) is 12.0. The summed E-state index contributed by atoms with van der Waals surface area (Å²) in [5, 5.41) is 10.0. The van der Waals surface area contributed by atoms with Crippen LogP contribution in [0.5, 0.6) is 0 Å². The van der Waals surface area contributed by atoms with Gasteiger partial charge in [0.1, 0.15) is 5.72 Å². The monoisotopic (exact) mass is 366 g/mol. The second kappa shape index (κ2) is 7.32. The molecule has 136 valence electrons. The van der Waals surface area contributed by atoms with Gasteiger partial charge in [-0.2, -0.15) is 0 Å². The topological polar surface area (TPSA) is 70.1 Å². The van der Waals surface area contributed by atoms with Crippen molar-refractivity contribution in [3.05, 3.63) is 34.9 Å². The molecule has 1 amide bonds. The van der Waals surface area contributed by atoms with Gasteiger partial charge in [-0.15, -0.1) is 0 Å². The summed E-state index contributed by atoms with van der Waals surface area (Å²) in [7, 11) is 0. The highest BCUT2D eigenvalue weighted by molar-refractivity contribution is 6.31. The molecular weight excluding hydrogens is 344 g/mol. The van der Waals surface area contributed by atoms with Crippen LogP contribution in [0.25, 0.3) is 0 Å². The Bertz CT molecular complexity index is 658. The van der Waals surface area contributed by atoms with E-state index in [1.54, 1.807) is 24.3 Å². The molecule has 2 aliphatic rings. The first-order valence-electron chi connectivity index (χ1n) is 8.65. The van der Waals surface area contributed by atoms with Crippen LogP contribution in [0.4, 0.5) is 0 Å². The van der Waals surface area contributed by atoms with Crippen molar-refractivity contribution in [2.45, 2.75) is 38.0 Å². The van der Waals surface area contributed by atoms with E-state index in [0.29, 0.717) is 23.4 Å². The lowest BCUT2D eigenvalue weighted by Gasteiger charge is -2.44. The minimum Gasteiger partial charge on any atom is -0.480 e. The van der Waals surface area contributed by atoms with E-state index in [2.05, 4.69) is 11.8 Å². The lowest BCUT2D eigenvalue weighted by molar-refractivity contribution is -0.143. The zero-order chi connectivity index (χ0) is 18.0. The van der Waals surface area contributed by atoms with Crippen molar-refractivity contribution < 1.29 is 19.4 Å². The van der Waals surface area contributed by atoms with Crippen LogP contribution in [-0.4, -0.2) is 64.8 Å². The second-order valence-electron chi connectivity index (χ2n) is 6.64. The number of hydrogen-bond acceptors (Lipinski definition) is 4. The van der Waals surface area contributed by atoms with Gasteiger partial charge in [-0.05, 0) is 31.2 Å². The van der Waals surface area contributed by atoms with Crippen molar-refractivity contribution in [3.8, 4) is 0 Å². The number of rotatable bonds is 4. The van der Waals surface area contributed by atoms with Crippen molar-refractivity contribution in [1.82, 2.24) is 9.80 Å². The molecule has 1 aromatic carbocycles. The summed E-state index contributed by atoms with van der Waals surface area (Å²) >= 11 is 6.00. The predicted octanol–water partition coefficient (Wildman–Crippen LogP) is 2.47. The number of aliphatic carboxylic acids is 1. The van der Waals surface area contributed by atoms with Gasteiger partial charge in [0.05, 0.1) is 6.61 Å². The predicted molar refractivity (Wildman–Crippen MR) is 93.7 cm³/mol. The average molecular weight is 367 g/mol. The number of piperidine rings is 1. The van der Waals surface area contributed by atoms with Crippen LogP contribution < -0.4 is 0 Å². The van der Waals surface area contributed by atoms with E-state index in [1.807, 2.05) is 0 Å². The van der Waals surface area contributed by atoms with E-state index in [0.717, 1.165) is 26.1 Å². The summed E-state index contributed by atoms with van der Waals surface area (Å²) in [6.45, 7) is 4.74. The van der Waals surface area contributed by atoms with Crippen LogP contribution in [0.3, 0.4) is 0 Å². The molecular formula is C18H23ClN2O4. The van der Waals surface area contributed by atoms with E-state index in [4.69, 9.17) is 16.3 Å². The molecule has 0 aliphatic carbocycles. The molecule has 2 aliphatic heterocycles. The summed E-state index contributed by atoms with van der Waals surface area (Å²) < 4.78 is 5.93. The first kappa shape index (κ1) is 18.2. The SMILES string of the molecule is CCCN1CCC2(CC1)OC[C@H](C(=O)O)N2C(=O)c1cccc(Cl)c1. The fourth-order valence-corrected chi connectivity index (χ4v) is 3.95. The smallest absolute Gasteiger partial charge is 0.328 e. The molecule has 1 atom stereocenters. The molecule has 0 saturated carbocycles. The number of carbonyl (C=O) groups is 2. The number of amides is 1. The van der Waals surface area contributed by atoms with Crippen LogP contribution in [-0.2, 0) is 9.53 Å². The molecule has 6 nitrogen and oxygen atoms in total. The molecule has 2 heterocycles. The summed E-state index contributed by atoms with van der Waals surface area (Å²) in [5.41, 5.74) is -0.452. The van der Waals surface area contributed by atoms with Crippen LogP contribution in [0.2, 0.25) is 5.02 Å². The summed E-state index contributed by atoms with van der Waals surface area (Å²) in [6, 6.07) is 5.64. The van der Waals surface area contributed by atoms with Crippen molar-refractivity contribution >= 4 is 23.5 Å². The average Bonchev–Trinajstić information content (AvgIpc) is 2.96. The molecule has 0 radical (unpaired) electrons. The Kier molecular flexibility index (Phi) is 5.32. The highest BCUT2D eigenvalue weighted by atomic mass is 35.5. The number of ether oxygens (including phenoxy) is 1. The van der Waals surface area contributed by atoms with Crippen molar-refractivity contribution in [2.24, 2.45) is 0 Å². The molecule has 1 aromatic rings. The van der Waals surface area contributed by atoms with E-state index in [9.17, 15) is 14.7 Å². The Morgan fingerprint density at radius 1 is 1.36 bits per heavy atom. The highest BCUT2D eigenvalue weighted by Gasteiger charge is 2.53. The number of nitrogens with zero attached hydrogens (tertiary/aromatic N) is 2. The van der Waals surface area contributed by atoms with Crippen molar-refractivity contribution in [1.29, 1.82) is 0 Å². The molecule has 7 heteroatoms. The van der Waals surface area contributed by atoms with Crippen LogP contribution in [0.1, 0.15) is 36.5 Å². The van der Waals surface area contributed by atoms with Crippen molar-refractivity contribution in [2.75, 3.05) is 26.2 Å². The van der Waals surface area contributed by atoms with Crippen LogP contribution in [0, 0.1) is 0 Å². The van der Waals surface area contributed by atoms with Crippen LogP contribution in [0.15, 0.2) is 24.3 Å².